The van der Waals surface area contributed by atoms with Crippen molar-refractivity contribution < 1.29 is 33.4 Å². The minimum atomic E-state index is -1.12. The van der Waals surface area contributed by atoms with Gasteiger partial charge in [0.1, 0.15) is 29.6 Å². The lowest BCUT2D eigenvalue weighted by Gasteiger charge is -2.19. The number of anilines is 2. The van der Waals surface area contributed by atoms with Crippen LogP contribution >= 0.6 is 23.2 Å². The van der Waals surface area contributed by atoms with Gasteiger partial charge in [-0.1, -0.05) is 23.2 Å². The number of hydrogen-bond donors (Lipinski definition) is 3. The number of halogens is 3. The van der Waals surface area contributed by atoms with Crippen molar-refractivity contribution >= 4 is 52.7 Å². The molecule has 0 heterocycles. The normalized spacial score (nSPS) is 11.4. The molecule has 0 radical (unpaired) electrons. The Morgan fingerprint density at radius 2 is 1.63 bits per heavy atom. The van der Waals surface area contributed by atoms with Crippen molar-refractivity contribution in [3.63, 3.8) is 0 Å². The van der Waals surface area contributed by atoms with Crippen LogP contribution in [0.15, 0.2) is 42.5 Å². The molecular weight excluding hydrogens is 538 g/mol. The predicted octanol–water partition coefficient (Wildman–Crippen LogP) is 6.65. The SMILES string of the molecule is COc1cc(F)cc(C(=O)Nc2cc(C)c(Oc3c(Cl)cc(NC(CCC=O)C(=O)O)cc3Cl)c(C)c2)c1. The molecule has 0 aliphatic rings. The molecule has 1 unspecified atom stereocenters. The van der Waals surface area contributed by atoms with Gasteiger partial charge < -0.3 is 30.0 Å². The molecule has 0 spiro atoms. The average Bonchev–Trinajstić information content (AvgIpc) is 2.84. The van der Waals surface area contributed by atoms with Crippen molar-refractivity contribution in [1.82, 2.24) is 0 Å². The molecule has 8 nitrogen and oxygen atoms in total. The fraction of sp³-hybridized carbons (Fsp3) is 0.222. The number of benzene rings is 3. The number of carboxylic acids is 1. The van der Waals surface area contributed by atoms with E-state index in [9.17, 15) is 23.9 Å². The van der Waals surface area contributed by atoms with E-state index in [1.165, 1.54) is 31.4 Å². The van der Waals surface area contributed by atoms with Crippen molar-refractivity contribution in [3.05, 3.63) is 75.0 Å². The van der Waals surface area contributed by atoms with Gasteiger partial charge in [-0.3, -0.25) is 4.79 Å². The van der Waals surface area contributed by atoms with Gasteiger partial charge in [-0.25, -0.2) is 9.18 Å². The minimum Gasteiger partial charge on any atom is -0.497 e. The van der Waals surface area contributed by atoms with Gasteiger partial charge in [0.15, 0.2) is 5.75 Å². The van der Waals surface area contributed by atoms with E-state index in [2.05, 4.69) is 10.6 Å². The molecule has 1 atom stereocenters. The smallest absolute Gasteiger partial charge is 0.326 e. The van der Waals surface area contributed by atoms with E-state index in [0.29, 0.717) is 34.5 Å². The number of methoxy groups -OCH3 is 1. The number of aldehydes is 1. The number of rotatable bonds is 11. The largest absolute Gasteiger partial charge is 0.497 e. The Morgan fingerprint density at radius 3 is 2.18 bits per heavy atom. The lowest BCUT2D eigenvalue weighted by molar-refractivity contribution is -0.138. The quantitative estimate of drug-likeness (QED) is 0.224. The second-order valence-corrected chi connectivity index (χ2v) is 9.24. The van der Waals surface area contributed by atoms with E-state index < -0.39 is 23.7 Å². The van der Waals surface area contributed by atoms with Crippen LogP contribution in [0, 0.1) is 19.7 Å². The van der Waals surface area contributed by atoms with Crippen molar-refractivity contribution in [2.75, 3.05) is 17.7 Å². The Morgan fingerprint density at radius 1 is 1.00 bits per heavy atom. The lowest BCUT2D eigenvalue weighted by atomic mass is 10.1. The van der Waals surface area contributed by atoms with Gasteiger partial charge >= 0.3 is 5.97 Å². The number of carbonyl (C=O) groups excluding carboxylic acids is 2. The molecule has 0 saturated carbocycles. The monoisotopic (exact) mass is 562 g/mol. The molecule has 0 fully saturated rings. The third kappa shape index (κ3) is 7.14. The summed E-state index contributed by atoms with van der Waals surface area (Å²) in [5.41, 5.74) is 2.23. The molecule has 0 saturated heterocycles. The zero-order valence-electron chi connectivity index (χ0n) is 20.7. The van der Waals surface area contributed by atoms with E-state index in [1.807, 2.05) is 0 Å². The van der Waals surface area contributed by atoms with E-state index in [4.69, 9.17) is 32.7 Å². The molecule has 0 aliphatic carbocycles. The summed E-state index contributed by atoms with van der Waals surface area (Å²) in [5.74, 6) is -1.39. The predicted molar refractivity (Wildman–Crippen MR) is 144 cm³/mol. The highest BCUT2D eigenvalue weighted by atomic mass is 35.5. The van der Waals surface area contributed by atoms with E-state index in [1.54, 1.807) is 26.0 Å². The highest BCUT2D eigenvalue weighted by Crippen LogP contribution is 2.41. The summed E-state index contributed by atoms with van der Waals surface area (Å²) in [6, 6.07) is 9.03. The van der Waals surface area contributed by atoms with E-state index in [0.717, 1.165) is 6.07 Å². The van der Waals surface area contributed by atoms with Crippen LogP contribution in [0.1, 0.15) is 34.3 Å². The standard InChI is InChI=1S/C27H25Cl2FN2O6/c1-14-7-18(32-26(34)16-9-17(30)11-20(10-16)37-3)8-15(2)24(14)38-25-21(28)12-19(13-22(25)29)31-23(27(35)36)5-4-6-33/h6-13,23,31H,4-5H2,1-3H3,(H,32,34)(H,35,36). The molecule has 0 aromatic heterocycles. The van der Waals surface area contributed by atoms with Crippen LogP contribution in [-0.2, 0) is 9.59 Å². The van der Waals surface area contributed by atoms with Gasteiger partial charge in [0.2, 0.25) is 0 Å². The fourth-order valence-electron chi connectivity index (χ4n) is 3.73. The van der Waals surface area contributed by atoms with Crippen LogP contribution in [0.3, 0.4) is 0 Å². The molecular formula is C27H25Cl2FN2O6. The summed E-state index contributed by atoms with van der Waals surface area (Å²) in [7, 11) is 1.38. The van der Waals surface area contributed by atoms with Crippen LogP contribution in [0.5, 0.6) is 17.2 Å². The number of hydrogen-bond acceptors (Lipinski definition) is 6. The minimum absolute atomic E-state index is 0.0814. The van der Waals surface area contributed by atoms with Gasteiger partial charge in [-0.15, -0.1) is 0 Å². The van der Waals surface area contributed by atoms with Gasteiger partial charge in [-0.05, 0) is 67.8 Å². The number of amides is 1. The summed E-state index contributed by atoms with van der Waals surface area (Å²) >= 11 is 12.8. The molecule has 0 bridgehead atoms. The highest BCUT2D eigenvalue weighted by Gasteiger charge is 2.20. The lowest BCUT2D eigenvalue weighted by Crippen LogP contribution is -2.29. The zero-order valence-corrected chi connectivity index (χ0v) is 22.2. The molecule has 11 heteroatoms. The number of ether oxygens (including phenoxy) is 2. The molecule has 3 aromatic rings. The number of aliphatic carboxylic acids is 1. The van der Waals surface area contributed by atoms with E-state index >= 15 is 0 Å². The van der Waals surface area contributed by atoms with Gasteiger partial charge in [-0.2, -0.15) is 0 Å². The number of nitrogens with one attached hydrogen (secondary N) is 2. The van der Waals surface area contributed by atoms with Crippen LogP contribution < -0.4 is 20.1 Å². The maximum atomic E-state index is 13.8. The third-order valence-electron chi connectivity index (χ3n) is 5.50. The van der Waals surface area contributed by atoms with Crippen molar-refractivity contribution in [2.45, 2.75) is 32.7 Å². The van der Waals surface area contributed by atoms with Crippen LogP contribution in [0.2, 0.25) is 10.0 Å². The Kier molecular flexibility index (Phi) is 9.55. The summed E-state index contributed by atoms with van der Waals surface area (Å²) < 4.78 is 24.8. The van der Waals surface area contributed by atoms with Crippen molar-refractivity contribution in [1.29, 1.82) is 0 Å². The zero-order chi connectivity index (χ0) is 28.0. The Balaban J connectivity index is 1.81. The molecule has 3 N–H and O–H groups in total. The Labute approximate surface area is 228 Å². The first-order chi connectivity index (χ1) is 18.0. The summed E-state index contributed by atoms with van der Waals surface area (Å²) in [6.07, 6.45) is 0.826. The fourth-order valence-corrected chi connectivity index (χ4v) is 4.30. The summed E-state index contributed by atoms with van der Waals surface area (Å²) in [5, 5.41) is 15.2. The second-order valence-electron chi connectivity index (χ2n) is 8.42. The summed E-state index contributed by atoms with van der Waals surface area (Å²) in [4.78, 5) is 34.8. The first kappa shape index (κ1) is 28.7. The number of carboxylic acid groups (broad SMARTS) is 1. The molecule has 1 amide bonds. The molecule has 0 aliphatic heterocycles. The summed E-state index contributed by atoms with van der Waals surface area (Å²) in [6.45, 7) is 3.54. The van der Waals surface area contributed by atoms with Gasteiger partial charge in [0.05, 0.1) is 17.2 Å². The van der Waals surface area contributed by atoms with Gasteiger partial charge in [0, 0.05) is 29.4 Å². The highest BCUT2D eigenvalue weighted by molar-refractivity contribution is 6.37. The van der Waals surface area contributed by atoms with Gasteiger partial charge in [0.25, 0.3) is 5.91 Å². The Bertz CT molecular complexity index is 1340. The van der Waals surface area contributed by atoms with Crippen molar-refractivity contribution in [2.24, 2.45) is 0 Å². The first-order valence-electron chi connectivity index (χ1n) is 11.4. The number of aryl methyl sites for hydroxylation is 2. The Hall–Kier alpha value is -3.82. The molecule has 200 valence electrons. The second kappa shape index (κ2) is 12.6. The topological polar surface area (TPSA) is 114 Å². The van der Waals surface area contributed by atoms with Crippen LogP contribution in [0.4, 0.5) is 15.8 Å². The third-order valence-corrected chi connectivity index (χ3v) is 6.06. The number of carbonyl (C=O) groups is 3. The van der Waals surface area contributed by atoms with Crippen LogP contribution in [0.25, 0.3) is 0 Å². The van der Waals surface area contributed by atoms with Crippen molar-refractivity contribution in [3.8, 4) is 17.2 Å². The van der Waals surface area contributed by atoms with E-state index in [-0.39, 0.29) is 39.9 Å². The first-order valence-corrected chi connectivity index (χ1v) is 12.1. The molecule has 3 aromatic carbocycles. The average molecular weight is 563 g/mol. The molecule has 38 heavy (non-hydrogen) atoms. The van der Waals surface area contributed by atoms with Crippen LogP contribution in [-0.4, -0.2) is 36.4 Å². The maximum Gasteiger partial charge on any atom is 0.326 e. The molecule has 3 rings (SSSR count). The maximum absolute atomic E-state index is 13.8.